The van der Waals surface area contributed by atoms with Gasteiger partial charge in [0.1, 0.15) is 0 Å². The summed E-state index contributed by atoms with van der Waals surface area (Å²) in [5, 5.41) is 17.1. The van der Waals surface area contributed by atoms with Crippen LogP contribution in [-0.2, 0) is 24.3 Å². The Bertz CT molecular complexity index is 1300. The summed E-state index contributed by atoms with van der Waals surface area (Å²) in [6, 6.07) is 14.9. The molecule has 0 unspecified atom stereocenters. The second kappa shape index (κ2) is 14.9. The molecular formula is C29H34Cl2N6OS. The average Bonchev–Trinajstić information content (AvgIpc) is 3.32. The van der Waals surface area contributed by atoms with Crippen LogP contribution in [0.1, 0.15) is 49.6 Å². The predicted octanol–water partition coefficient (Wildman–Crippen LogP) is 5.58. The molecule has 3 rings (SSSR count). The first kappa shape index (κ1) is 30.4. The van der Waals surface area contributed by atoms with Gasteiger partial charge >= 0.3 is 0 Å². The normalized spacial score (nSPS) is 11.6. The summed E-state index contributed by atoms with van der Waals surface area (Å²) in [6.45, 7) is 8.48. The van der Waals surface area contributed by atoms with Crippen molar-refractivity contribution < 1.29 is 4.79 Å². The Kier molecular flexibility index (Phi) is 11.6. The number of hydrogen-bond donors (Lipinski definition) is 2. The third-order valence-corrected chi connectivity index (χ3v) is 7.41. The van der Waals surface area contributed by atoms with E-state index in [0.717, 1.165) is 23.2 Å². The molecule has 0 saturated heterocycles. The van der Waals surface area contributed by atoms with E-state index < -0.39 is 0 Å². The molecule has 1 aromatic heterocycles. The van der Waals surface area contributed by atoms with Gasteiger partial charge in [0.2, 0.25) is 5.91 Å². The monoisotopic (exact) mass is 584 g/mol. The Labute approximate surface area is 246 Å². The van der Waals surface area contributed by atoms with Gasteiger partial charge in [-0.15, -0.1) is 0 Å². The highest BCUT2D eigenvalue weighted by molar-refractivity contribution is 7.80. The van der Waals surface area contributed by atoms with Gasteiger partial charge in [0.25, 0.3) is 0 Å². The number of amides is 1. The molecule has 0 aliphatic rings. The molecule has 206 valence electrons. The molecule has 2 aromatic carbocycles. The van der Waals surface area contributed by atoms with Crippen molar-refractivity contribution in [3.63, 3.8) is 0 Å². The van der Waals surface area contributed by atoms with Crippen LogP contribution in [0.15, 0.2) is 55.0 Å². The van der Waals surface area contributed by atoms with Crippen molar-refractivity contribution in [2.45, 2.75) is 52.7 Å². The zero-order chi connectivity index (χ0) is 28.4. The van der Waals surface area contributed by atoms with E-state index in [1.807, 2.05) is 40.7 Å². The van der Waals surface area contributed by atoms with E-state index in [2.05, 4.69) is 35.5 Å². The molecule has 0 bridgehead atoms. The summed E-state index contributed by atoms with van der Waals surface area (Å²) < 4.78 is 1.95. The number of aromatic nitrogens is 2. The lowest BCUT2D eigenvalue weighted by atomic mass is 10.0. The van der Waals surface area contributed by atoms with Gasteiger partial charge in [0.15, 0.2) is 5.11 Å². The molecule has 1 heterocycles. The lowest BCUT2D eigenvalue weighted by Gasteiger charge is -2.31. The molecule has 0 aliphatic carbocycles. The van der Waals surface area contributed by atoms with Gasteiger partial charge in [-0.25, -0.2) is 4.98 Å². The van der Waals surface area contributed by atoms with Gasteiger partial charge in [0, 0.05) is 44.1 Å². The second-order valence-corrected chi connectivity index (χ2v) is 11.0. The molecule has 7 nitrogen and oxygen atoms in total. The number of halogens is 2. The lowest BCUT2D eigenvalue weighted by molar-refractivity contribution is -0.121. The first-order valence-corrected chi connectivity index (χ1v) is 14.1. The zero-order valence-corrected chi connectivity index (χ0v) is 24.8. The maximum absolute atomic E-state index is 13.2. The van der Waals surface area contributed by atoms with Crippen LogP contribution >= 0.6 is 35.4 Å². The van der Waals surface area contributed by atoms with Crippen LogP contribution in [0.2, 0.25) is 10.0 Å². The summed E-state index contributed by atoms with van der Waals surface area (Å²) in [4.78, 5) is 19.5. The van der Waals surface area contributed by atoms with E-state index in [1.54, 1.807) is 30.7 Å². The Morgan fingerprint density at radius 1 is 1.21 bits per heavy atom. The molecule has 0 fully saturated rings. The van der Waals surface area contributed by atoms with Crippen LogP contribution in [0, 0.1) is 17.2 Å². The van der Waals surface area contributed by atoms with Gasteiger partial charge < -0.3 is 20.1 Å². The number of imidazole rings is 1. The highest BCUT2D eigenvalue weighted by Gasteiger charge is 2.22. The number of nitriles is 1. The highest BCUT2D eigenvalue weighted by Crippen LogP contribution is 2.27. The van der Waals surface area contributed by atoms with E-state index in [1.165, 1.54) is 0 Å². The summed E-state index contributed by atoms with van der Waals surface area (Å²) in [5.74, 6) is 0.277. The predicted molar refractivity (Wildman–Crippen MR) is 161 cm³/mol. The maximum atomic E-state index is 13.2. The molecular weight excluding hydrogens is 551 g/mol. The van der Waals surface area contributed by atoms with Gasteiger partial charge in [-0.1, -0.05) is 61.3 Å². The number of hydrogen-bond acceptors (Lipinski definition) is 4. The van der Waals surface area contributed by atoms with E-state index in [0.29, 0.717) is 52.8 Å². The largest absolute Gasteiger partial charge is 0.363 e. The molecule has 10 heteroatoms. The van der Waals surface area contributed by atoms with Crippen molar-refractivity contribution in [3.05, 3.63) is 87.4 Å². The number of thiocarbonyl (C=S) groups is 1. The quantitative estimate of drug-likeness (QED) is 0.270. The SMILES string of the molecule is CCNC(=S)N(Cc1cccc(Cl)c1Cl)C[C@H](CC(C)C)NC(=O)Cc1cncn1Cc1ccc(C#N)cc1. The Balaban J connectivity index is 1.72. The number of benzene rings is 2. The smallest absolute Gasteiger partial charge is 0.226 e. The Morgan fingerprint density at radius 2 is 1.95 bits per heavy atom. The second-order valence-electron chi connectivity index (χ2n) is 9.82. The average molecular weight is 586 g/mol. The van der Waals surface area contributed by atoms with Crippen LogP contribution in [0.25, 0.3) is 0 Å². The number of nitrogens with zero attached hydrogens (tertiary/aromatic N) is 4. The minimum Gasteiger partial charge on any atom is -0.363 e. The van der Waals surface area contributed by atoms with Crippen molar-refractivity contribution in [1.29, 1.82) is 5.26 Å². The van der Waals surface area contributed by atoms with Gasteiger partial charge in [-0.05, 0) is 60.8 Å². The fourth-order valence-electron chi connectivity index (χ4n) is 4.33. The van der Waals surface area contributed by atoms with Crippen molar-refractivity contribution in [1.82, 2.24) is 25.1 Å². The molecule has 0 saturated carbocycles. The summed E-state index contributed by atoms with van der Waals surface area (Å²) >= 11 is 18.4. The highest BCUT2D eigenvalue weighted by atomic mass is 35.5. The Morgan fingerprint density at radius 3 is 2.62 bits per heavy atom. The van der Waals surface area contributed by atoms with E-state index in [9.17, 15) is 4.79 Å². The zero-order valence-electron chi connectivity index (χ0n) is 22.5. The molecule has 2 N–H and O–H groups in total. The molecule has 0 spiro atoms. The molecule has 1 amide bonds. The summed E-state index contributed by atoms with van der Waals surface area (Å²) in [7, 11) is 0. The number of carbonyl (C=O) groups excluding carboxylic acids is 1. The first-order chi connectivity index (χ1) is 18.7. The standard InChI is InChI=1S/C29H34Cl2N6OS/c1-4-34-29(39)36(17-23-6-5-7-26(30)28(23)31)18-24(12-20(2)3)35-27(38)13-25-15-33-19-37(25)16-22-10-8-21(14-32)9-11-22/h5-11,15,19-20,24H,4,12-13,16-18H2,1-3H3,(H,34,39)(H,35,38)/t24-/m0/s1. The number of carbonyl (C=O) groups is 1. The van der Waals surface area contributed by atoms with Crippen LogP contribution in [0.5, 0.6) is 0 Å². The minimum absolute atomic E-state index is 0.0858. The van der Waals surface area contributed by atoms with E-state index in [4.69, 9.17) is 40.7 Å². The molecule has 1 atom stereocenters. The number of nitrogens with one attached hydrogen (secondary N) is 2. The molecule has 3 aromatic rings. The van der Waals surface area contributed by atoms with Crippen LogP contribution in [0.4, 0.5) is 0 Å². The van der Waals surface area contributed by atoms with Crippen molar-refractivity contribution >= 4 is 46.4 Å². The van der Waals surface area contributed by atoms with Crippen LogP contribution < -0.4 is 10.6 Å². The maximum Gasteiger partial charge on any atom is 0.226 e. The van der Waals surface area contributed by atoms with Crippen molar-refractivity contribution in [3.8, 4) is 6.07 Å². The van der Waals surface area contributed by atoms with E-state index in [-0.39, 0.29) is 18.4 Å². The van der Waals surface area contributed by atoms with Gasteiger partial charge in [-0.2, -0.15) is 5.26 Å². The summed E-state index contributed by atoms with van der Waals surface area (Å²) in [5.41, 5.74) is 3.32. The molecule has 39 heavy (non-hydrogen) atoms. The third kappa shape index (κ3) is 9.24. The van der Waals surface area contributed by atoms with Crippen molar-refractivity contribution in [2.24, 2.45) is 5.92 Å². The molecule has 0 radical (unpaired) electrons. The fourth-order valence-corrected chi connectivity index (χ4v) is 5.00. The lowest BCUT2D eigenvalue weighted by Crippen LogP contribution is -2.49. The Hall–Kier alpha value is -3.12. The van der Waals surface area contributed by atoms with Gasteiger partial charge in [-0.3, -0.25) is 4.79 Å². The molecule has 0 aliphatic heterocycles. The van der Waals surface area contributed by atoms with Crippen LogP contribution in [0.3, 0.4) is 0 Å². The summed E-state index contributed by atoms with van der Waals surface area (Å²) in [6.07, 6.45) is 4.42. The number of rotatable bonds is 12. The van der Waals surface area contributed by atoms with Crippen molar-refractivity contribution in [2.75, 3.05) is 13.1 Å². The van der Waals surface area contributed by atoms with E-state index >= 15 is 0 Å². The fraction of sp³-hybridized carbons (Fsp3) is 0.379. The topological polar surface area (TPSA) is 86.0 Å². The first-order valence-electron chi connectivity index (χ1n) is 12.9. The third-order valence-electron chi connectivity index (χ3n) is 6.15. The van der Waals surface area contributed by atoms with Crippen LogP contribution in [-0.4, -0.2) is 44.6 Å². The van der Waals surface area contributed by atoms with Gasteiger partial charge in [0.05, 0.1) is 34.4 Å². The minimum atomic E-state index is -0.137.